The molecule has 2 aromatic carbocycles. The van der Waals surface area contributed by atoms with E-state index < -0.39 is 0 Å². The lowest BCUT2D eigenvalue weighted by molar-refractivity contribution is 0.0934. The number of hydrogen-bond donors (Lipinski definition) is 3. The minimum atomic E-state index is -0.387. The summed E-state index contributed by atoms with van der Waals surface area (Å²) in [5.41, 5.74) is 7.08. The van der Waals surface area contributed by atoms with E-state index >= 15 is 0 Å². The van der Waals surface area contributed by atoms with Crippen molar-refractivity contribution in [2.45, 2.75) is 46.1 Å². The maximum Gasteiger partial charge on any atom is 0.269 e. The lowest BCUT2D eigenvalue weighted by atomic mass is 9.87. The average Bonchev–Trinajstić information content (AvgIpc) is 2.65. The van der Waals surface area contributed by atoms with Gasteiger partial charge < -0.3 is 4.74 Å². The van der Waals surface area contributed by atoms with Gasteiger partial charge >= 0.3 is 0 Å². The summed E-state index contributed by atoms with van der Waals surface area (Å²) in [4.78, 5) is 24.5. The number of thiocarbonyl (C=S) groups is 1. The molecule has 2 amide bonds. The minimum absolute atomic E-state index is 0.00262. The highest BCUT2D eigenvalue weighted by atomic mass is 32.1. The summed E-state index contributed by atoms with van der Waals surface area (Å²) >= 11 is 5.07. The van der Waals surface area contributed by atoms with Gasteiger partial charge in [-0.25, -0.2) is 0 Å². The molecule has 29 heavy (non-hydrogen) atoms. The molecule has 0 unspecified atom stereocenters. The van der Waals surface area contributed by atoms with Crippen molar-refractivity contribution in [2.24, 2.45) is 0 Å². The van der Waals surface area contributed by atoms with Crippen LogP contribution in [0.4, 0.5) is 0 Å². The highest BCUT2D eigenvalue weighted by Gasteiger charge is 2.14. The molecule has 6 nitrogen and oxygen atoms in total. The van der Waals surface area contributed by atoms with Gasteiger partial charge in [0.25, 0.3) is 11.8 Å². The van der Waals surface area contributed by atoms with E-state index in [9.17, 15) is 9.59 Å². The number of nitrogens with one attached hydrogen (secondary N) is 3. The molecule has 0 bridgehead atoms. The molecular weight excluding hydrogens is 386 g/mol. The zero-order valence-electron chi connectivity index (χ0n) is 17.3. The molecule has 0 aliphatic heterocycles. The molecule has 0 heterocycles. The molecule has 0 saturated carbocycles. The second kappa shape index (κ2) is 9.52. The Morgan fingerprint density at radius 2 is 1.38 bits per heavy atom. The van der Waals surface area contributed by atoms with Crippen molar-refractivity contribution in [3.05, 3.63) is 65.2 Å². The number of hydrazine groups is 1. The van der Waals surface area contributed by atoms with Gasteiger partial charge in [0, 0.05) is 11.1 Å². The predicted molar refractivity (Wildman–Crippen MR) is 118 cm³/mol. The Balaban J connectivity index is 1.85. The van der Waals surface area contributed by atoms with Gasteiger partial charge in [0.15, 0.2) is 5.11 Å². The van der Waals surface area contributed by atoms with E-state index in [2.05, 4.69) is 36.9 Å². The van der Waals surface area contributed by atoms with Crippen molar-refractivity contribution in [3.8, 4) is 5.75 Å². The summed E-state index contributed by atoms with van der Waals surface area (Å²) in [5, 5.41) is 2.52. The zero-order chi connectivity index (χ0) is 21.6. The van der Waals surface area contributed by atoms with Gasteiger partial charge in [0.1, 0.15) is 5.75 Å². The second-order valence-corrected chi connectivity index (χ2v) is 8.29. The average molecular weight is 414 g/mol. The lowest BCUT2D eigenvalue weighted by Gasteiger charge is -2.19. The Kier molecular flexibility index (Phi) is 7.34. The molecule has 2 rings (SSSR count). The number of hydrogen-bond acceptors (Lipinski definition) is 4. The first-order chi connectivity index (χ1) is 13.6. The van der Waals surface area contributed by atoms with Crippen LogP contribution in [0.3, 0.4) is 0 Å². The molecule has 0 spiro atoms. The SMILES string of the molecule is CC(C)Oc1ccc(C(=O)NC(=S)NNC(=O)c2ccc(C(C)(C)C)cc2)cc1. The summed E-state index contributed by atoms with van der Waals surface area (Å²) in [6.07, 6.45) is 0.0553. The third kappa shape index (κ3) is 6.87. The molecule has 3 N–H and O–H groups in total. The predicted octanol–water partition coefficient (Wildman–Crippen LogP) is 3.72. The molecule has 0 saturated heterocycles. The first-order valence-electron chi connectivity index (χ1n) is 9.35. The van der Waals surface area contributed by atoms with E-state index in [0.717, 1.165) is 5.56 Å². The fourth-order valence-electron chi connectivity index (χ4n) is 2.47. The van der Waals surface area contributed by atoms with Crippen LogP contribution in [-0.4, -0.2) is 23.0 Å². The van der Waals surface area contributed by atoms with Gasteiger partial charge in [0.2, 0.25) is 0 Å². The minimum Gasteiger partial charge on any atom is -0.491 e. The van der Waals surface area contributed by atoms with E-state index in [1.165, 1.54) is 0 Å². The smallest absolute Gasteiger partial charge is 0.269 e. The maximum atomic E-state index is 12.2. The maximum absolute atomic E-state index is 12.2. The molecule has 0 radical (unpaired) electrons. The Morgan fingerprint density at radius 3 is 1.90 bits per heavy atom. The monoisotopic (exact) mass is 413 g/mol. The number of amides is 2. The van der Waals surface area contributed by atoms with Crippen LogP contribution < -0.4 is 20.9 Å². The Labute approximate surface area is 177 Å². The van der Waals surface area contributed by atoms with Gasteiger partial charge in [-0.2, -0.15) is 0 Å². The molecule has 7 heteroatoms. The van der Waals surface area contributed by atoms with Crippen LogP contribution in [0, 0.1) is 0 Å². The standard InChI is InChI=1S/C22H27N3O3S/c1-14(2)28-18-12-8-15(9-13-18)19(26)23-21(29)25-24-20(27)16-6-10-17(11-7-16)22(3,4)5/h6-14H,1-5H3,(H,24,27)(H2,23,25,26,29). The van der Waals surface area contributed by atoms with Crippen LogP contribution in [0.1, 0.15) is 60.9 Å². The van der Waals surface area contributed by atoms with Crippen LogP contribution in [0.2, 0.25) is 0 Å². The first-order valence-corrected chi connectivity index (χ1v) is 9.76. The van der Waals surface area contributed by atoms with E-state index in [1.807, 2.05) is 26.0 Å². The van der Waals surface area contributed by atoms with Crippen LogP contribution in [0.5, 0.6) is 5.75 Å². The van der Waals surface area contributed by atoms with Gasteiger partial charge in [-0.1, -0.05) is 32.9 Å². The van der Waals surface area contributed by atoms with E-state index in [-0.39, 0.29) is 28.4 Å². The molecule has 0 aliphatic carbocycles. The Hall–Kier alpha value is -2.93. The van der Waals surface area contributed by atoms with Crippen LogP contribution >= 0.6 is 12.2 Å². The quantitative estimate of drug-likeness (QED) is 0.526. The van der Waals surface area contributed by atoms with Crippen molar-refractivity contribution in [1.29, 1.82) is 0 Å². The van der Waals surface area contributed by atoms with Gasteiger partial charge in [-0.3, -0.25) is 25.8 Å². The Bertz CT molecular complexity index is 870. The molecule has 154 valence electrons. The van der Waals surface area contributed by atoms with E-state index in [4.69, 9.17) is 17.0 Å². The summed E-state index contributed by atoms with van der Waals surface area (Å²) in [7, 11) is 0. The third-order valence-corrected chi connectivity index (χ3v) is 4.22. The van der Waals surface area contributed by atoms with Gasteiger partial charge in [-0.15, -0.1) is 0 Å². The fourth-order valence-corrected chi connectivity index (χ4v) is 2.61. The fraction of sp³-hybridized carbons (Fsp3) is 0.318. The summed E-state index contributed by atoms with van der Waals surface area (Å²) in [6, 6.07) is 14.1. The van der Waals surface area contributed by atoms with E-state index in [1.54, 1.807) is 36.4 Å². The number of benzene rings is 2. The molecule has 0 atom stereocenters. The Morgan fingerprint density at radius 1 is 0.862 bits per heavy atom. The number of carbonyl (C=O) groups is 2. The van der Waals surface area contributed by atoms with Crippen molar-refractivity contribution in [3.63, 3.8) is 0 Å². The molecule has 0 aromatic heterocycles. The molecule has 0 fully saturated rings. The number of rotatable bonds is 4. The number of carbonyl (C=O) groups excluding carboxylic acids is 2. The normalized spacial score (nSPS) is 11.0. The lowest BCUT2D eigenvalue weighted by Crippen LogP contribution is -2.48. The second-order valence-electron chi connectivity index (χ2n) is 7.88. The van der Waals surface area contributed by atoms with Gasteiger partial charge in [-0.05, 0) is 73.4 Å². The first kappa shape index (κ1) is 22.4. The van der Waals surface area contributed by atoms with Crippen molar-refractivity contribution in [2.75, 3.05) is 0 Å². The van der Waals surface area contributed by atoms with Crippen molar-refractivity contribution in [1.82, 2.24) is 16.2 Å². The largest absolute Gasteiger partial charge is 0.491 e. The van der Waals surface area contributed by atoms with Crippen LogP contribution in [0.15, 0.2) is 48.5 Å². The molecule has 2 aromatic rings. The third-order valence-electron chi connectivity index (χ3n) is 4.02. The topological polar surface area (TPSA) is 79.5 Å². The summed E-state index contributed by atoms with van der Waals surface area (Å²) in [5.74, 6) is -0.0541. The summed E-state index contributed by atoms with van der Waals surface area (Å²) < 4.78 is 5.55. The highest BCUT2D eigenvalue weighted by molar-refractivity contribution is 7.80. The van der Waals surface area contributed by atoms with Crippen LogP contribution in [-0.2, 0) is 5.41 Å². The van der Waals surface area contributed by atoms with E-state index in [0.29, 0.717) is 16.9 Å². The van der Waals surface area contributed by atoms with Gasteiger partial charge in [0.05, 0.1) is 6.10 Å². The van der Waals surface area contributed by atoms with Crippen molar-refractivity contribution >= 4 is 29.1 Å². The van der Waals surface area contributed by atoms with Crippen molar-refractivity contribution < 1.29 is 14.3 Å². The number of ether oxygens (including phenoxy) is 1. The molecular formula is C22H27N3O3S. The van der Waals surface area contributed by atoms with Crippen LogP contribution in [0.25, 0.3) is 0 Å². The zero-order valence-corrected chi connectivity index (χ0v) is 18.1. The molecule has 0 aliphatic rings. The highest BCUT2D eigenvalue weighted by Crippen LogP contribution is 2.22. The summed E-state index contributed by atoms with van der Waals surface area (Å²) in [6.45, 7) is 10.2.